The first-order chi connectivity index (χ1) is 19.8. The summed E-state index contributed by atoms with van der Waals surface area (Å²) in [5.74, 6) is -0.976. The van der Waals surface area contributed by atoms with Crippen molar-refractivity contribution >= 4 is 34.7 Å². The van der Waals surface area contributed by atoms with E-state index >= 15 is 0 Å². The molecule has 12 nitrogen and oxygen atoms in total. The Kier molecular flexibility index (Phi) is 8.71. The van der Waals surface area contributed by atoms with Crippen molar-refractivity contribution in [2.24, 2.45) is 0 Å². The smallest absolute Gasteiger partial charge is 0.387 e. The molecule has 4 heterocycles. The molecule has 3 aromatic heterocycles. The molecule has 0 unspecified atom stereocenters. The highest BCUT2D eigenvalue weighted by atomic mass is 35.5. The fraction of sp³-hybridized carbons (Fsp3) is 0.346. The van der Waals surface area contributed by atoms with Crippen molar-refractivity contribution in [3.05, 3.63) is 59.6 Å². The van der Waals surface area contributed by atoms with Crippen LogP contribution in [0.3, 0.4) is 0 Å². The number of aromatic nitrogens is 5. The molecule has 216 valence electrons. The second-order valence-corrected chi connectivity index (χ2v) is 9.74. The number of aliphatic hydroxyl groups is 1. The number of aliphatic hydroxyl groups excluding tert-OH is 1. The number of halogens is 3. The van der Waals surface area contributed by atoms with Crippen LogP contribution in [0, 0.1) is 0 Å². The molecule has 41 heavy (non-hydrogen) atoms. The Balaban J connectivity index is 1.46. The zero-order valence-electron chi connectivity index (χ0n) is 21.8. The van der Waals surface area contributed by atoms with Crippen LogP contribution in [-0.2, 0) is 11.3 Å². The highest BCUT2D eigenvalue weighted by Crippen LogP contribution is 2.37. The fourth-order valence-corrected chi connectivity index (χ4v) is 4.85. The van der Waals surface area contributed by atoms with Crippen molar-refractivity contribution in [3.8, 4) is 17.0 Å². The van der Waals surface area contributed by atoms with E-state index in [1.807, 2.05) is 0 Å². The van der Waals surface area contributed by atoms with Crippen LogP contribution >= 0.6 is 11.6 Å². The number of rotatable bonds is 9. The summed E-state index contributed by atoms with van der Waals surface area (Å²) >= 11 is 6.19. The molecule has 1 fully saturated rings. The highest BCUT2D eigenvalue weighted by Gasteiger charge is 2.24. The number of anilines is 1. The number of β-amino-alcohol motifs (C(OH)–C–C–N with tert-alkyl or cyclic N) is 1. The number of ether oxygens (including phenoxy) is 1. The largest absolute Gasteiger partial charge is 0.434 e. The Morgan fingerprint density at radius 2 is 2.05 bits per heavy atom. The number of amides is 2. The number of benzene rings is 1. The van der Waals surface area contributed by atoms with E-state index in [0.29, 0.717) is 31.8 Å². The van der Waals surface area contributed by atoms with Gasteiger partial charge in [0.05, 0.1) is 18.5 Å². The van der Waals surface area contributed by atoms with Crippen LogP contribution in [-0.4, -0.2) is 97.0 Å². The van der Waals surface area contributed by atoms with E-state index in [-0.39, 0.29) is 52.3 Å². The molecule has 0 radical (unpaired) electrons. The highest BCUT2D eigenvalue weighted by molar-refractivity contribution is 6.31. The number of nitrogens with zero attached hydrogens (tertiary/aromatic N) is 7. The molecule has 0 bridgehead atoms. The van der Waals surface area contributed by atoms with E-state index in [0.717, 1.165) is 13.0 Å². The van der Waals surface area contributed by atoms with Crippen molar-refractivity contribution in [2.45, 2.75) is 19.6 Å². The Hall–Kier alpha value is -4.14. The van der Waals surface area contributed by atoms with Crippen molar-refractivity contribution in [3.63, 3.8) is 0 Å². The molecular formula is C26H27ClF2N8O4. The van der Waals surface area contributed by atoms with Gasteiger partial charge in [0.1, 0.15) is 23.6 Å². The van der Waals surface area contributed by atoms with Gasteiger partial charge in [0.25, 0.3) is 5.91 Å². The van der Waals surface area contributed by atoms with Gasteiger partial charge in [-0.2, -0.15) is 19.0 Å². The number of hydrogen-bond acceptors (Lipinski definition) is 8. The average Bonchev–Trinajstić information content (AvgIpc) is 3.46. The van der Waals surface area contributed by atoms with Crippen LogP contribution in [0.25, 0.3) is 16.9 Å². The minimum absolute atomic E-state index is 0.0462. The maximum atomic E-state index is 13.3. The lowest BCUT2D eigenvalue weighted by atomic mass is 10.1. The van der Waals surface area contributed by atoms with Gasteiger partial charge >= 0.3 is 6.61 Å². The van der Waals surface area contributed by atoms with Gasteiger partial charge in [0, 0.05) is 55.4 Å². The summed E-state index contributed by atoms with van der Waals surface area (Å²) in [6, 6.07) is 5.74. The molecule has 1 aliphatic rings. The molecule has 0 aliphatic carbocycles. The predicted octanol–water partition coefficient (Wildman–Crippen LogP) is 2.63. The lowest BCUT2D eigenvalue weighted by Gasteiger charge is -2.21. The number of nitrogens with one attached hydrogen (secondary N) is 1. The second kappa shape index (κ2) is 12.6. The van der Waals surface area contributed by atoms with Crippen LogP contribution in [0.5, 0.6) is 5.75 Å². The first-order valence-electron chi connectivity index (χ1n) is 12.8. The minimum atomic E-state index is -3.12. The fourth-order valence-electron chi connectivity index (χ4n) is 4.68. The molecule has 15 heteroatoms. The zero-order chi connectivity index (χ0) is 28.9. The molecule has 5 rings (SSSR count). The molecule has 0 spiro atoms. The van der Waals surface area contributed by atoms with E-state index in [2.05, 4.69) is 25.4 Å². The standard InChI is InChI=1S/C26H27ClF2N8O4/c27-17-3-4-21(41-26(28)29)18(13-17)23-20(32-25(40)19-14-31-37-8-1-5-30-24(19)37)15-36(33-23)16-22(39)35-7-2-6-34(9-10-35)11-12-38/h1,3-5,8,13-15,26,38H,2,6-7,9-12,16H2,(H,32,40). The van der Waals surface area contributed by atoms with Crippen molar-refractivity contribution in [1.82, 2.24) is 34.2 Å². The Bertz CT molecular complexity index is 1540. The van der Waals surface area contributed by atoms with Crippen molar-refractivity contribution in [2.75, 3.05) is 44.6 Å². The Labute approximate surface area is 238 Å². The average molecular weight is 589 g/mol. The Morgan fingerprint density at radius 3 is 2.85 bits per heavy atom. The minimum Gasteiger partial charge on any atom is -0.434 e. The normalized spacial score (nSPS) is 14.4. The van der Waals surface area contributed by atoms with Crippen molar-refractivity contribution in [1.29, 1.82) is 0 Å². The molecule has 1 aromatic carbocycles. The van der Waals surface area contributed by atoms with E-state index in [4.69, 9.17) is 16.3 Å². The Morgan fingerprint density at radius 1 is 1.20 bits per heavy atom. The first-order valence-corrected chi connectivity index (χ1v) is 13.2. The SMILES string of the molecule is O=C(Nc1cn(CC(=O)N2CCCN(CCO)CC2)nc1-c1cc(Cl)ccc1OC(F)F)c1cnn2cccnc12. The molecule has 0 atom stereocenters. The van der Waals surface area contributed by atoms with E-state index in [1.54, 1.807) is 17.2 Å². The summed E-state index contributed by atoms with van der Waals surface area (Å²) in [6.07, 6.45) is 6.72. The third-order valence-electron chi connectivity index (χ3n) is 6.60. The summed E-state index contributed by atoms with van der Waals surface area (Å²) < 4.78 is 33.9. The van der Waals surface area contributed by atoms with Crippen molar-refractivity contribution < 1.29 is 28.2 Å². The second-order valence-electron chi connectivity index (χ2n) is 9.31. The van der Waals surface area contributed by atoms with Crippen LogP contribution in [0.4, 0.5) is 14.5 Å². The van der Waals surface area contributed by atoms with Gasteiger partial charge in [-0.05, 0) is 37.2 Å². The molecule has 2 amide bonds. The molecule has 4 aromatic rings. The van der Waals surface area contributed by atoms with Gasteiger partial charge in [0.2, 0.25) is 5.91 Å². The summed E-state index contributed by atoms with van der Waals surface area (Å²) in [6.45, 7) is -0.264. The summed E-state index contributed by atoms with van der Waals surface area (Å²) in [5.41, 5.74) is 0.817. The van der Waals surface area contributed by atoms with Gasteiger partial charge in [-0.1, -0.05) is 11.6 Å². The number of alkyl halides is 2. The number of fused-ring (bicyclic) bond motifs is 1. The molecule has 1 aliphatic heterocycles. The number of hydrogen-bond donors (Lipinski definition) is 2. The van der Waals surface area contributed by atoms with Gasteiger partial charge in [-0.25, -0.2) is 9.50 Å². The van der Waals surface area contributed by atoms with E-state index < -0.39 is 12.5 Å². The van der Waals surface area contributed by atoms with Crippen LogP contribution in [0.1, 0.15) is 16.8 Å². The van der Waals surface area contributed by atoms with Crippen LogP contribution < -0.4 is 10.1 Å². The van der Waals surface area contributed by atoms with Gasteiger partial charge in [0.15, 0.2) is 5.65 Å². The van der Waals surface area contributed by atoms with Crippen LogP contribution in [0.15, 0.2) is 49.1 Å². The first kappa shape index (κ1) is 28.4. The lowest BCUT2D eigenvalue weighted by molar-refractivity contribution is -0.131. The predicted molar refractivity (Wildman–Crippen MR) is 145 cm³/mol. The molecule has 1 saturated heterocycles. The third-order valence-corrected chi connectivity index (χ3v) is 6.84. The van der Waals surface area contributed by atoms with Gasteiger partial charge < -0.3 is 20.1 Å². The zero-order valence-corrected chi connectivity index (χ0v) is 22.5. The quantitative estimate of drug-likeness (QED) is 0.305. The van der Waals surface area contributed by atoms with Gasteiger partial charge in [-0.15, -0.1) is 0 Å². The maximum absolute atomic E-state index is 13.3. The summed E-state index contributed by atoms with van der Waals surface area (Å²) in [5, 5.41) is 20.8. The molecule has 0 saturated carbocycles. The summed E-state index contributed by atoms with van der Waals surface area (Å²) in [4.78, 5) is 34.5. The monoisotopic (exact) mass is 588 g/mol. The lowest BCUT2D eigenvalue weighted by Crippen LogP contribution is -2.37. The number of carbonyl (C=O) groups excluding carboxylic acids is 2. The van der Waals surface area contributed by atoms with E-state index in [1.165, 1.54) is 46.0 Å². The summed E-state index contributed by atoms with van der Waals surface area (Å²) in [7, 11) is 0. The third kappa shape index (κ3) is 6.61. The molecular weight excluding hydrogens is 562 g/mol. The van der Waals surface area contributed by atoms with Crippen LogP contribution in [0.2, 0.25) is 5.02 Å². The van der Waals surface area contributed by atoms with Gasteiger partial charge in [-0.3, -0.25) is 19.2 Å². The number of carbonyl (C=O) groups is 2. The molecule has 2 N–H and O–H groups in total. The maximum Gasteiger partial charge on any atom is 0.387 e. The van der Waals surface area contributed by atoms with E-state index in [9.17, 15) is 23.5 Å². The topological polar surface area (TPSA) is 130 Å².